The third-order valence-electron chi connectivity index (χ3n) is 4.11. The first-order valence-electron chi connectivity index (χ1n) is 7.23. The third kappa shape index (κ3) is 4.81. The molecule has 1 unspecified atom stereocenters. The van der Waals surface area contributed by atoms with Gasteiger partial charge in [0.15, 0.2) is 0 Å². The lowest BCUT2D eigenvalue weighted by Crippen LogP contribution is -2.40. The normalized spacial score (nSPS) is 15.0. The van der Waals surface area contributed by atoms with Crippen LogP contribution in [0.25, 0.3) is 0 Å². The second-order valence-corrected chi connectivity index (χ2v) is 7.02. The van der Waals surface area contributed by atoms with E-state index in [1.165, 1.54) is 11.1 Å². The van der Waals surface area contributed by atoms with Gasteiger partial charge < -0.3 is 5.32 Å². The standard InChI is InChI=1S/C17H28ClN/c1-12(2)17(6,11-19-13(3)4)10-15-8-7-14(5)9-16(15)18/h7-9,12-13,19H,10-11H2,1-6H3. The van der Waals surface area contributed by atoms with Gasteiger partial charge in [0.2, 0.25) is 0 Å². The summed E-state index contributed by atoms with van der Waals surface area (Å²) in [7, 11) is 0. The van der Waals surface area contributed by atoms with Crippen LogP contribution in [0.3, 0.4) is 0 Å². The van der Waals surface area contributed by atoms with E-state index in [1.54, 1.807) is 0 Å². The largest absolute Gasteiger partial charge is 0.314 e. The van der Waals surface area contributed by atoms with E-state index in [0.717, 1.165) is 18.0 Å². The third-order valence-corrected chi connectivity index (χ3v) is 4.46. The molecule has 0 aliphatic rings. The molecule has 1 N–H and O–H groups in total. The van der Waals surface area contributed by atoms with E-state index in [-0.39, 0.29) is 5.41 Å². The average molecular weight is 282 g/mol. The molecule has 0 aliphatic heterocycles. The van der Waals surface area contributed by atoms with Gasteiger partial charge in [0.1, 0.15) is 0 Å². The van der Waals surface area contributed by atoms with Crippen molar-refractivity contribution in [2.45, 2.75) is 54.0 Å². The molecule has 0 bridgehead atoms. The lowest BCUT2D eigenvalue weighted by atomic mass is 9.74. The highest BCUT2D eigenvalue weighted by Crippen LogP contribution is 2.33. The van der Waals surface area contributed by atoms with Crippen molar-refractivity contribution in [1.29, 1.82) is 0 Å². The Morgan fingerprint density at radius 3 is 2.32 bits per heavy atom. The van der Waals surface area contributed by atoms with Crippen LogP contribution in [0, 0.1) is 18.3 Å². The quantitative estimate of drug-likeness (QED) is 0.786. The van der Waals surface area contributed by atoms with Crippen LogP contribution in [0.15, 0.2) is 18.2 Å². The molecule has 108 valence electrons. The minimum Gasteiger partial charge on any atom is -0.314 e. The highest BCUT2D eigenvalue weighted by molar-refractivity contribution is 6.31. The van der Waals surface area contributed by atoms with Gasteiger partial charge in [-0.15, -0.1) is 0 Å². The van der Waals surface area contributed by atoms with Crippen LogP contribution in [0.5, 0.6) is 0 Å². The van der Waals surface area contributed by atoms with Crippen LogP contribution in [0.4, 0.5) is 0 Å². The Morgan fingerprint density at radius 1 is 1.21 bits per heavy atom. The molecule has 0 saturated carbocycles. The molecule has 1 nitrogen and oxygen atoms in total. The van der Waals surface area contributed by atoms with E-state index in [1.807, 2.05) is 0 Å². The van der Waals surface area contributed by atoms with Crippen LogP contribution >= 0.6 is 11.6 Å². The lowest BCUT2D eigenvalue weighted by Gasteiger charge is -2.35. The molecular formula is C17H28ClN. The van der Waals surface area contributed by atoms with E-state index < -0.39 is 0 Å². The maximum Gasteiger partial charge on any atom is 0.0440 e. The molecule has 0 aromatic heterocycles. The van der Waals surface area contributed by atoms with Gasteiger partial charge in [-0.05, 0) is 41.9 Å². The number of hydrogen-bond donors (Lipinski definition) is 1. The van der Waals surface area contributed by atoms with E-state index in [2.05, 4.69) is 65.1 Å². The van der Waals surface area contributed by atoms with E-state index in [4.69, 9.17) is 11.6 Å². The number of halogens is 1. The minimum atomic E-state index is 0.225. The Balaban J connectivity index is 2.88. The fourth-order valence-electron chi connectivity index (χ4n) is 2.14. The van der Waals surface area contributed by atoms with Crippen LogP contribution < -0.4 is 5.32 Å². The molecule has 0 amide bonds. The Kier molecular flexibility index (Phi) is 5.88. The summed E-state index contributed by atoms with van der Waals surface area (Å²) in [5.74, 6) is 0.608. The van der Waals surface area contributed by atoms with Crippen molar-refractivity contribution in [2.75, 3.05) is 6.54 Å². The van der Waals surface area contributed by atoms with Crippen LogP contribution in [0.2, 0.25) is 5.02 Å². The van der Waals surface area contributed by atoms with Crippen molar-refractivity contribution >= 4 is 11.6 Å². The Hall–Kier alpha value is -0.530. The Bertz CT molecular complexity index is 412. The number of benzene rings is 1. The summed E-state index contributed by atoms with van der Waals surface area (Å²) in [6, 6.07) is 6.91. The number of aryl methyl sites for hydroxylation is 1. The van der Waals surface area contributed by atoms with Crippen LogP contribution in [0.1, 0.15) is 45.7 Å². The Labute approximate surface area is 123 Å². The second-order valence-electron chi connectivity index (χ2n) is 6.62. The molecule has 1 aromatic rings. The summed E-state index contributed by atoms with van der Waals surface area (Å²) in [6.07, 6.45) is 1.02. The second kappa shape index (κ2) is 6.76. The predicted octanol–water partition coefficient (Wildman–Crippen LogP) is 4.85. The van der Waals surface area contributed by atoms with Crippen molar-refractivity contribution in [3.05, 3.63) is 34.3 Å². The maximum absolute atomic E-state index is 6.38. The van der Waals surface area contributed by atoms with Gasteiger partial charge >= 0.3 is 0 Å². The first kappa shape index (κ1) is 16.5. The van der Waals surface area contributed by atoms with Gasteiger partial charge in [0.25, 0.3) is 0 Å². The number of hydrogen-bond acceptors (Lipinski definition) is 1. The fourth-order valence-corrected chi connectivity index (χ4v) is 2.44. The summed E-state index contributed by atoms with van der Waals surface area (Å²) < 4.78 is 0. The molecule has 19 heavy (non-hydrogen) atoms. The van der Waals surface area contributed by atoms with Crippen molar-refractivity contribution in [3.8, 4) is 0 Å². The molecule has 2 heteroatoms. The highest BCUT2D eigenvalue weighted by Gasteiger charge is 2.29. The predicted molar refractivity (Wildman–Crippen MR) is 86.0 cm³/mol. The summed E-state index contributed by atoms with van der Waals surface area (Å²) >= 11 is 6.38. The van der Waals surface area contributed by atoms with E-state index >= 15 is 0 Å². The Morgan fingerprint density at radius 2 is 1.84 bits per heavy atom. The summed E-state index contributed by atoms with van der Waals surface area (Å²) in [5.41, 5.74) is 2.71. The van der Waals surface area contributed by atoms with Crippen molar-refractivity contribution < 1.29 is 0 Å². The van der Waals surface area contributed by atoms with Crippen molar-refractivity contribution in [3.63, 3.8) is 0 Å². The first-order chi connectivity index (χ1) is 8.74. The summed E-state index contributed by atoms with van der Waals surface area (Å²) in [4.78, 5) is 0. The van der Waals surface area contributed by atoms with Gasteiger partial charge in [-0.25, -0.2) is 0 Å². The zero-order valence-corrected chi connectivity index (χ0v) is 13.9. The van der Waals surface area contributed by atoms with E-state index in [9.17, 15) is 0 Å². The SMILES string of the molecule is Cc1ccc(CC(C)(CNC(C)C)C(C)C)c(Cl)c1. The molecule has 1 aromatic carbocycles. The molecule has 0 saturated heterocycles. The van der Waals surface area contributed by atoms with Gasteiger partial charge in [-0.2, -0.15) is 0 Å². The topological polar surface area (TPSA) is 12.0 Å². The monoisotopic (exact) mass is 281 g/mol. The molecule has 0 heterocycles. The van der Waals surface area contributed by atoms with Gasteiger partial charge in [-0.1, -0.05) is 58.4 Å². The average Bonchev–Trinajstić information content (AvgIpc) is 2.30. The molecular weight excluding hydrogens is 254 g/mol. The molecule has 1 atom stereocenters. The number of rotatable bonds is 6. The zero-order valence-electron chi connectivity index (χ0n) is 13.2. The molecule has 0 spiro atoms. The minimum absolute atomic E-state index is 0.225. The summed E-state index contributed by atoms with van der Waals surface area (Å²) in [6.45, 7) is 14.4. The lowest BCUT2D eigenvalue weighted by molar-refractivity contribution is 0.202. The van der Waals surface area contributed by atoms with Crippen molar-refractivity contribution in [2.24, 2.45) is 11.3 Å². The molecule has 0 radical (unpaired) electrons. The maximum atomic E-state index is 6.38. The van der Waals surface area contributed by atoms with Gasteiger partial charge in [0.05, 0.1) is 0 Å². The highest BCUT2D eigenvalue weighted by atomic mass is 35.5. The molecule has 1 rings (SSSR count). The van der Waals surface area contributed by atoms with Gasteiger partial charge in [0, 0.05) is 17.6 Å². The summed E-state index contributed by atoms with van der Waals surface area (Å²) in [5, 5.41) is 4.47. The fraction of sp³-hybridized carbons (Fsp3) is 0.647. The smallest absolute Gasteiger partial charge is 0.0440 e. The zero-order chi connectivity index (χ0) is 14.6. The van der Waals surface area contributed by atoms with Gasteiger partial charge in [-0.3, -0.25) is 0 Å². The molecule has 0 aliphatic carbocycles. The van der Waals surface area contributed by atoms with Crippen LogP contribution in [-0.2, 0) is 6.42 Å². The molecule has 0 fully saturated rings. The van der Waals surface area contributed by atoms with Crippen LogP contribution in [-0.4, -0.2) is 12.6 Å². The first-order valence-corrected chi connectivity index (χ1v) is 7.61. The van der Waals surface area contributed by atoms with Crippen molar-refractivity contribution in [1.82, 2.24) is 5.32 Å². The number of nitrogens with one attached hydrogen (secondary N) is 1. The van der Waals surface area contributed by atoms with E-state index in [0.29, 0.717) is 12.0 Å².